The molecule has 3 nitrogen and oxygen atoms in total. The molecule has 0 aliphatic rings. The molecule has 0 aromatic rings. The molecule has 86 valence electrons. The van der Waals surface area contributed by atoms with E-state index in [0.29, 0.717) is 19.4 Å². The molecule has 3 heteroatoms. The summed E-state index contributed by atoms with van der Waals surface area (Å²) >= 11 is 0. The first-order valence-corrected chi connectivity index (χ1v) is 5.79. The van der Waals surface area contributed by atoms with E-state index < -0.39 is 0 Å². The van der Waals surface area contributed by atoms with Gasteiger partial charge in [-0.2, -0.15) is 5.26 Å². The van der Waals surface area contributed by atoms with E-state index in [1.807, 2.05) is 13.8 Å². The second-order valence-electron chi connectivity index (χ2n) is 4.05. The molecule has 0 unspecified atom stereocenters. The molecule has 0 spiro atoms. The zero-order chi connectivity index (χ0) is 11.7. The van der Waals surface area contributed by atoms with E-state index in [1.54, 1.807) is 4.90 Å². The third kappa shape index (κ3) is 6.11. The summed E-state index contributed by atoms with van der Waals surface area (Å²) in [6.45, 7) is 6.68. The van der Waals surface area contributed by atoms with Crippen molar-refractivity contribution in [1.29, 1.82) is 5.26 Å². The van der Waals surface area contributed by atoms with Crippen molar-refractivity contribution in [2.75, 3.05) is 6.54 Å². The van der Waals surface area contributed by atoms with Gasteiger partial charge in [0.1, 0.15) is 0 Å². The monoisotopic (exact) mass is 210 g/mol. The Morgan fingerprint density at radius 2 is 2.07 bits per heavy atom. The minimum atomic E-state index is 0.189. The van der Waals surface area contributed by atoms with Crippen LogP contribution in [0.1, 0.15) is 52.9 Å². The van der Waals surface area contributed by atoms with Gasteiger partial charge in [-0.05, 0) is 20.3 Å². The molecule has 0 aromatic carbocycles. The van der Waals surface area contributed by atoms with Gasteiger partial charge in [-0.15, -0.1) is 0 Å². The van der Waals surface area contributed by atoms with E-state index in [-0.39, 0.29) is 11.9 Å². The minimum absolute atomic E-state index is 0.189. The molecule has 0 aromatic heterocycles. The van der Waals surface area contributed by atoms with Gasteiger partial charge in [0.15, 0.2) is 0 Å². The van der Waals surface area contributed by atoms with Crippen LogP contribution >= 0.6 is 0 Å². The molecule has 0 saturated heterocycles. The van der Waals surface area contributed by atoms with Gasteiger partial charge in [0.05, 0.1) is 12.5 Å². The second kappa shape index (κ2) is 8.28. The van der Waals surface area contributed by atoms with Gasteiger partial charge in [-0.1, -0.05) is 19.8 Å². The van der Waals surface area contributed by atoms with Crippen LogP contribution in [-0.2, 0) is 4.79 Å². The Balaban J connectivity index is 4.00. The summed E-state index contributed by atoms with van der Waals surface area (Å²) in [4.78, 5) is 13.6. The standard InChI is InChI=1S/C12H22N2O/c1-4-5-6-8-12(15)14(11(2)3)10-7-9-13/h11H,4-8,10H2,1-3H3. The van der Waals surface area contributed by atoms with Crippen molar-refractivity contribution in [3.05, 3.63) is 0 Å². The maximum Gasteiger partial charge on any atom is 0.222 e. The molecule has 1 amide bonds. The summed E-state index contributed by atoms with van der Waals surface area (Å²) in [7, 11) is 0. The number of nitriles is 1. The third-order valence-electron chi connectivity index (χ3n) is 2.40. The molecule has 0 atom stereocenters. The Kier molecular flexibility index (Phi) is 7.71. The first-order chi connectivity index (χ1) is 7.13. The van der Waals surface area contributed by atoms with Gasteiger partial charge in [-0.3, -0.25) is 4.79 Å². The highest BCUT2D eigenvalue weighted by Crippen LogP contribution is 2.07. The quantitative estimate of drug-likeness (QED) is 0.606. The van der Waals surface area contributed by atoms with Crippen LogP contribution in [0.5, 0.6) is 0 Å². The third-order valence-corrected chi connectivity index (χ3v) is 2.40. The van der Waals surface area contributed by atoms with E-state index >= 15 is 0 Å². The Hall–Kier alpha value is -1.04. The lowest BCUT2D eigenvalue weighted by Gasteiger charge is -2.25. The summed E-state index contributed by atoms with van der Waals surface area (Å²) in [5.74, 6) is 0.189. The second-order valence-corrected chi connectivity index (χ2v) is 4.05. The maximum absolute atomic E-state index is 11.8. The topological polar surface area (TPSA) is 44.1 Å². The lowest BCUT2D eigenvalue weighted by Crippen LogP contribution is -2.37. The van der Waals surface area contributed by atoms with Crippen LogP contribution in [-0.4, -0.2) is 23.4 Å². The fourth-order valence-corrected chi connectivity index (χ4v) is 1.51. The van der Waals surface area contributed by atoms with Crippen LogP contribution in [0.25, 0.3) is 0 Å². The molecule has 15 heavy (non-hydrogen) atoms. The number of unbranched alkanes of at least 4 members (excludes halogenated alkanes) is 2. The lowest BCUT2D eigenvalue weighted by molar-refractivity contribution is -0.132. The van der Waals surface area contributed by atoms with Crippen LogP contribution in [0, 0.1) is 11.3 Å². The van der Waals surface area contributed by atoms with Gasteiger partial charge in [0, 0.05) is 19.0 Å². The number of hydrogen-bond acceptors (Lipinski definition) is 2. The van der Waals surface area contributed by atoms with Crippen LogP contribution in [0.2, 0.25) is 0 Å². The average Bonchev–Trinajstić information content (AvgIpc) is 2.18. The number of amides is 1. The van der Waals surface area contributed by atoms with Gasteiger partial charge in [0.2, 0.25) is 5.91 Å². The van der Waals surface area contributed by atoms with E-state index in [9.17, 15) is 4.79 Å². The fourth-order valence-electron chi connectivity index (χ4n) is 1.51. The number of carbonyl (C=O) groups is 1. The van der Waals surface area contributed by atoms with Crippen molar-refractivity contribution < 1.29 is 4.79 Å². The predicted molar refractivity (Wildman–Crippen MR) is 61.2 cm³/mol. The Morgan fingerprint density at radius 1 is 1.40 bits per heavy atom. The zero-order valence-electron chi connectivity index (χ0n) is 10.1. The largest absolute Gasteiger partial charge is 0.339 e. The fraction of sp³-hybridized carbons (Fsp3) is 0.833. The molecule has 0 aliphatic heterocycles. The van der Waals surface area contributed by atoms with Gasteiger partial charge in [0.25, 0.3) is 0 Å². The van der Waals surface area contributed by atoms with Gasteiger partial charge >= 0.3 is 0 Å². The van der Waals surface area contributed by atoms with Gasteiger partial charge in [-0.25, -0.2) is 0 Å². The van der Waals surface area contributed by atoms with E-state index in [4.69, 9.17) is 5.26 Å². The maximum atomic E-state index is 11.8. The van der Waals surface area contributed by atoms with E-state index in [2.05, 4.69) is 13.0 Å². The smallest absolute Gasteiger partial charge is 0.222 e. The summed E-state index contributed by atoms with van der Waals surface area (Å²) in [6, 6.07) is 2.28. The Labute approximate surface area is 93.1 Å². The van der Waals surface area contributed by atoms with Crippen molar-refractivity contribution in [2.24, 2.45) is 0 Å². The Bertz CT molecular complexity index is 218. The van der Waals surface area contributed by atoms with Crippen LogP contribution in [0.15, 0.2) is 0 Å². The normalized spacial score (nSPS) is 10.1. The van der Waals surface area contributed by atoms with Crippen molar-refractivity contribution in [2.45, 2.75) is 58.9 Å². The molecule has 0 fully saturated rings. The highest BCUT2D eigenvalue weighted by molar-refractivity contribution is 5.76. The molecular formula is C12H22N2O. The van der Waals surface area contributed by atoms with Crippen LogP contribution < -0.4 is 0 Å². The summed E-state index contributed by atoms with van der Waals surface area (Å²) in [5.41, 5.74) is 0. The highest BCUT2D eigenvalue weighted by atomic mass is 16.2. The zero-order valence-corrected chi connectivity index (χ0v) is 10.1. The first kappa shape index (κ1) is 14.0. The van der Waals surface area contributed by atoms with Crippen molar-refractivity contribution in [1.82, 2.24) is 4.90 Å². The van der Waals surface area contributed by atoms with E-state index in [0.717, 1.165) is 19.3 Å². The molecular weight excluding hydrogens is 188 g/mol. The molecule has 0 heterocycles. The summed E-state index contributed by atoms with van der Waals surface area (Å²) in [6.07, 6.45) is 4.25. The van der Waals surface area contributed by atoms with Crippen LogP contribution in [0.3, 0.4) is 0 Å². The number of hydrogen-bond donors (Lipinski definition) is 0. The van der Waals surface area contributed by atoms with Crippen molar-refractivity contribution >= 4 is 5.91 Å². The lowest BCUT2D eigenvalue weighted by atomic mass is 10.1. The number of rotatable bonds is 7. The van der Waals surface area contributed by atoms with Crippen LogP contribution in [0.4, 0.5) is 0 Å². The predicted octanol–water partition coefficient (Wildman–Crippen LogP) is 2.72. The van der Waals surface area contributed by atoms with Gasteiger partial charge < -0.3 is 4.90 Å². The molecule has 0 N–H and O–H groups in total. The Morgan fingerprint density at radius 3 is 2.53 bits per heavy atom. The molecule has 0 rings (SSSR count). The molecule has 0 bridgehead atoms. The van der Waals surface area contributed by atoms with E-state index in [1.165, 1.54) is 0 Å². The summed E-state index contributed by atoms with van der Waals surface area (Å²) < 4.78 is 0. The summed E-state index contributed by atoms with van der Waals surface area (Å²) in [5, 5.41) is 8.50. The molecule has 0 radical (unpaired) electrons. The molecule has 0 aliphatic carbocycles. The van der Waals surface area contributed by atoms with Crippen molar-refractivity contribution in [3.8, 4) is 6.07 Å². The highest BCUT2D eigenvalue weighted by Gasteiger charge is 2.15. The SMILES string of the molecule is CCCCCC(=O)N(CCC#N)C(C)C. The average molecular weight is 210 g/mol. The number of nitrogens with zero attached hydrogens (tertiary/aromatic N) is 2. The number of carbonyl (C=O) groups excluding carboxylic acids is 1. The minimum Gasteiger partial charge on any atom is -0.339 e. The first-order valence-electron chi connectivity index (χ1n) is 5.79. The molecule has 0 saturated carbocycles. The van der Waals surface area contributed by atoms with Crippen molar-refractivity contribution in [3.63, 3.8) is 0 Å².